The fourth-order valence-corrected chi connectivity index (χ4v) is 2.77. The highest BCUT2D eigenvalue weighted by Crippen LogP contribution is 2.30. The first-order chi connectivity index (χ1) is 9.75. The second kappa shape index (κ2) is 5.45. The maximum absolute atomic E-state index is 11.4. The molecule has 2 heterocycles. The number of aromatic nitrogens is 3. The molecule has 20 heavy (non-hydrogen) atoms. The molecule has 1 fully saturated rings. The minimum atomic E-state index is -0.951. The molecule has 0 spiro atoms. The van der Waals surface area contributed by atoms with Crippen LogP contribution in [0.1, 0.15) is 48.5 Å². The van der Waals surface area contributed by atoms with Crippen molar-refractivity contribution in [3.8, 4) is 11.4 Å². The summed E-state index contributed by atoms with van der Waals surface area (Å²) in [7, 11) is 0. The smallest absolute Gasteiger partial charge is 0.339 e. The number of nitrogens with zero attached hydrogens (tertiary/aromatic N) is 3. The van der Waals surface area contributed by atoms with Gasteiger partial charge in [-0.1, -0.05) is 25.3 Å². The molecule has 0 atom stereocenters. The molecule has 1 aliphatic rings. The molecule has 5 heteroatoms. The van der Waals surface area contributed by atoms with Crippen molar-refractivity contribution in [2.24, 2.45) is 0 Å². The molecule has 0 saturated heterocycles. The summed E-state index contributed by atoms with van der Waals surface area (Å²) in [5, 5.41) is 13.9. The van der Waals surface area contributed by atoms with Crippen LogP contribution in [0.15, 0.2) is 30.6 Å². The zero-order valence-corrected chi connectivity index (χ0v) is 11.2. The molecular weight excluding hydrogens is 254 g/mol. The van der Waals surface area contributed by atoms with Gasteiger partial charge in [0.15, 0.2) is 0 Å². The predicted molar refractivity (Wildman–Crippen MR) is 74.5 cm³/mol. The summed E-state index contributed by atoms with van der Waals surface area (Å²) in [6.07, 6.45) is 9.09. The van der Waals surface area contributed by atoms with Crippen molar-refractivity contribution < 1.29 is 9.90 Å². The quantitative estimate of drug-likeness (QED) is 0.931. The van der Waals surface area contributed by atoms with E-state index in [1.807, 2.05) is 16.8 Å². The molecule has 0 radical (unpaired) electrons. The van der Waals surface area contributed by atoms with Crippen molar-refractivity contribution in [1.82, 2.24) is 14.8 Å². The van der Waals surface area contributed by atoms with Gasteiger partial charge in [0.05, 0.1) is 11.7 Å². The second-order valence-electron chi connectivity index (χ2n) is 5.18. The van der Waals surface area contributed by atoms with Gasteiger partial charge in [0, 0.05) is 12.4 Å². The molecule has 0 unspecified atom stereocenters. The maximum Gasteiger partial charge on any atom is 0.339 e. The highest BCUT2D eigenvalue weighted by Gasteiger charge is 2.22. The van der Waals surface area contributed by atoms with Gasteiger partial charge in [0.1, 0.15) is 11.3 Å². The van der Waals surface area contributed by atoms with Crippen LogP contribution in [0.4, 0.5) is 0 Å². The zero-order chi connectivity index (χ0) is 13.9. The molecule has 3 rings (SSSR count). The molecule has 0 bridgehead atoms. The van der Waals surface area contributed by atoms with E-state index in [-0.39, 0.29) is 5.56 Å². The average molecular weight is 271 g/mol. The Morgan fingerprint density at radius 1 is 1.25 bits per heavy atom. The van der Waals surface area contributed by atoms with Crippen LogP contribution in [0.3, 0.4) is 0 Å². The fourth-order valence-electron chi connectivity index (χ4n) is 2.77. The Morgan fingerprint density at radius 2 is 2.05 bits per heavy atom. The molecule has 2 aromatic rings. The van der Waals surface area contributed by atoms with Gasteiger partial charge in [-0.15, -0.1) is 0 Å². The number of carboxylic acids is 1. The van der Waals surface area contributed by atoms with Gasteiger partial charge in [-0.05, 0) is 25.0 Å². The van der Waals surface area contributed by atoms with E-state index in [9.17, 15) is 9.90 Å². The lowest BCUT2D eigenvalue weighted by atomic mass is 9.96. The molecule has 1 saturated carbocycles. The SMILES string of the molecule is O=C(O)c1cn(C2CCCCC2)nc1-c1ccccn1. The molecule has 0 aliphatic heterocycles. The number of hydrogen-bond donors (Lipinski definition) is 1. The lowest BCUT2D eigenvalue weighted by molar-refractivity contribution is 0.0697. The average Bonchev–Trinajstić information content (AvgIpc) is 2.94. The summed E-state index contributed by atoms with van der Waals surface area (Å²) in [6, 6.07) is 5.76. The van der Waals surface area contributed by atoms with Crippen LogP contribution < -0.4 is 0 Å². The molecular formula is C15H17N3O2. The highest BCUT2D eigenvalue weighted by atomic mass is 16.4. The summed E-state index contributed by atoms with van der Waals surface area (Å²) >= 11 is 0. The Kier molecular flexibility index (Phi) is 3.50. The summed E-state index contributed by atoms with van der Waals surface area (Å²) in [4.78, 5) is 15.6. The van der Waals surface area contributed by atoms with E-state index >= 15 is 0 Å². The van der Waals surface area contributed by atoms with Gasteiger partial charge in [0.25, 0.3) is 0 Å². The second-order valence-corrected chi connectivity index (χ2v) is 5.18. The van der Waals surface area contributed by atoms with Crippen LogP contribution in [0.25, 0.3) is 11.4 Å². The molecule has 2 aromatic heterocycles. The Hall–Kier alpha value is -2.17. The van der Waals surface area contributed by atoms with Gasteiger partial charge in [-0.2, -0.15) is 5.10 Å². The number of carboxylic acid groups (broad SMARTS) is 1. The van der Waals surface area contributed by atoms with Gasteiger partial charge < -0.3 is 5.11 Å². The molecule has 104 valence electrons. The first-order valence-electron chi connectivity index (χ1n) is 6.99. The van der Waals surface area contributed by atoms with Crippen molar-refractivity contribution in [1.29, 1.82) is 0 Å². The summed E-state index contributed by atoms with van der Waals surface area (Å²) in [6.45, 7) is 0. The van der Waals surface area contributed by atoms with Crippen LogP contribution in [-0.4, -0.2) is 25.8 Å². The van der Waals surface area contributed by atoms with Crippen LogP contribution in [-0.2, 0) is 0 Å². The van der Waals surface area contributed by atoms with Crippen molar-refractivity contribution >= 4 is 5.97 Å². The third kappa shape index (κ3) is 2.43. The topological polar surface area (TPSA) is 68.0 Å². The van der Waals surface area contributed by atoms with Gasteiger partial charge >= 0.3 is 5.97 Å². The number of carbonyl (C=O) groups is 1. The number of hydrogen-bond acceptors (Lipinski definition) is 3. The van der Waals surface area contributed by atoms with E-state index < -0.39 is 5.97 Å². The molecule has 0 amide bonds. The van der Waals surface area contributed by atoms with Crippen LogP contribution in [0, 0.1) is 0 Å². The molecule has 0 aromatic carbocycles. The van der Waals surface area contributed by atoms with Crippen molar-refractivity contribution in [2.45, 2.75) is 38.1 Å². The van der Waals surface area contributed by atoms with Gasteiger partial charge in [0.2, 0.25) is 0 Å². The van der Waals surface area contributed by atoms with E-state index in [2.05, 4.69) is 10.1 Å². The monoisotopic (exact) mass is 271 g/mol. The Morgan fingerprint density at radius 3 is 2.70 bits per heavy atom. The Labute approximate surface area is 117 Å². The number of aromatic carboxylic acids is 1. The van der Waals surface area contributed by atoms with Gasteiger partial charge in [-0.3, -0.25) is 9.67 Å². The maximum atomic E-state index is 11.4. The highest BCUT2D eigenvalue weighted by molar-refractivity contribution is 5.94. The first-order valence-corrected chi connectivity index (χ1v) is 6.99. The minimum absolute atomic E-state index is 0.231. The lowest BCUT2D eigenvalue weighted by Crippen LogP contribution is -2.13. The standard InChI is InChI=1S/C15H17N3O2/c19-15(20)12-10-18(11-6-2-1-3-7-11)17-14(12)13-8-4-5-9-16-13/h4-5,8-11H,1-3,6-7H2,(H,19,20). The van der Waals surface area contributed by atoms with Crippen molar-refractivity contribution in [3.05, 3.63) is 36.2 Å². The molecule has 5 nitrogen and oxygen atoms in total. The molecule has 1 aliphatic carbocycles. The Bertz CT molecular complexity index is 601. The fraction of sp³-hybridized carbons (Fsp3) is 0.400. The number of rotatable bonds is 3. The molecule has 1 N–H and O–H groups in total. The van der Waals surface area contributed by atoms with E-state index in [4.69, 9.17) is 0 Å². The van der Waals surface area contributed by atoms with Crippen molar-refractivity contribution in [3.63, 3.8) is 0 Å². The summed E-state index contributed by atoms with van der Waals surface area (Å²) in [5.41, 5.74) is 1.30. The third-order valence-corrected chi connectivity index (χ3v) is 3.82. The van der Waals surface area contributed by atoms with E-state index in [0.717, 1.165) is 12.8 Å². The summed E-state index contributed by atoms with van der Waals surface area (Å²) in [5.74, 6) is -0.951. The predicted octanol–water partition coefficient (Wildman–Crippen LogP) is 3.15. The van der Waals surface area contributed by atoms with Crippen LogP contribution in [0.2, 0.25) is 0 Å². The van der Waals surface area contributed by atoms with E-state index in [1.165, 1.54) is 19.3 Å². The van der Waals surface area contributed by atoms with Crippen molar-refractivity contribution in [2.75, 3.05) is 0 Å². The minimum Gasteiger partial charge on any atom is -0.478 e. The third-order valence-electron chi connectivity index (χ3n) is 3.82. The number of pyridine rings is 1. The zero-order valence-electron chi connectivity index (χ0n) is 11.2. The first kappa shape index (κ1) is 12.8. The van der Waals surface area contributed by atoms with E-state index in [0.29, 0.717) is 17.4 Å². The lowest BCUT2D eigenvalue weighted by Gasteiger charge is -2.21. The van der Waals surface area contributed by atoms with Crippen LogP contribution in [0.5, 0.6) is 0 Å². The van der Waals surface area contributed by atoms with Crippen LogP contribution >= 0.6 is 0 Å². The van der Waals surface area contributed by atoms with Gasteiger partial charge in [-0.25, -0.2) is 4.79 Å². The summed E-state index contributed by atoms with van der Waals surface area (Å²) < 4.78 is 1.83. The largest absolute Gasteiger partial charge is 0.478 e. The Balaban J connectivity index is 2.00. The van der Waals surface area contributed by atoms with E-state index in [1.54, 1.807) is 18.5 Å². The normalized spacial score (nSPS) is 16.2.